The first-order chi connectivity index (χ1) is 15.9. The second-order valence-corrected chi connectivity index (χ2v) is 12.3. The summed E-state index contributed by atoms with van der Waals surface area (Å²) in [7, 11) is 9.15. The van der Waals surface area contributed by atoms with Gasteiger partial charge in [-0.2, -0.15) is 0 Å². The summed E-state index contributed by atoms with van der Waals surface area (Å²) in [6.07, 6.45) is 5.04. The van der Waals surface area contributed by atoms with E-state index in [1.165, 1.54) is 43.7 Å². The summed E-state index contributed by atoms with van der Waals surface area (Å²) in [5.41, 5.74) is 1.10. The van der Waals surface area contributed by atoms with Gasteiger partial charge in [-0.15, -0.1) is 0 Å². The van der Waals surface area contributed by atoms with E-state index in [1.54, 1.807) is 0 Å². The molecule has 0 radical (unpaired) electrons. The molecule has 0 atom stereocenters. The minimum absolute atomic E-state index is 0.166. The molecule has 0 bridgehead atoms. The molecule has 0 saturated carbocycles. The molecule has 0 saturated heterocycles. The van der Waals surface area contributed by atoms with E-state index in [4.69, 9.17) is 0 Å². The lowest BCUT2D eigenvalue weighted by Gasteiger charge is -2.40. The van der Waals surface area contributed by atoms with E-state index < -0.39 is 0 Å². The number of unbranched alkanes of at least 4 members (excludes halogenated alkanes) is 3. The Bertz CT molecular complexity index is 988. The van der Waals surface area contributed by atoms with Crippen LogP contribution in [-0.2, 0) is 0 Å². The van der Waals surface area contributed by atoms with Crippen molar-refractivity contribution in [2.24, 2.45) is 5.41 Å². The highest BCUT2D eigenvalue weighted by atomic mass is 16.2. The van der Waals surface area contributed by atoms with Crippen LogP contribution in [0.15, 0.2) is 36.4 Å². The summed E-state index contributed by atoms with van der Waals surface area (Å²) in [6, 6.07) is 11.4. The van der Waals surface area contributed by atoms with Gasteiger partial charge in [-0.05, 0) is 50.1 Å². The Morgan fingerprint density at radius 1 is 0.765 bits per heavy atom. The third-order valence-electron chi connectivity index (χ3n) is 7.43. The molecule has 2 amide bonds. The quantitative estimate of drug-likeness (QED) is 0.245. The van der Waals surface area contributed by atoms with Gasteiger partial charge in [0.1, 0.15) is 0 Å². The molecule has 2 aromatic carbocycles. The number of hydrogen-bond acceptors (Lipinski definition) is 2. The zero-order chi connectivity index (χ0) is 25.1. The van der Waals surface area contributed by atoms with Gasteiger partial charge in [-0.25, -0.2) is 0 Å². The molecule has 0 N–H and O–H groups in total. The predicted molar refractivity (Wildman–Crippen MR) is 141 cm³/mol. The highest BCUT2D eigenvalue weighted by Gasteiger charge is 2.38. The maximum absolute atomic E-state index is 13.3. The number of amides is 2. The van der Waals surface area contributed by atoms with Gasteiger partial charge in [0.05, 0.1) is 54.4 Å². The van der Waals surface area contributed by atoms with Gasteiger partial charge in [-0.3, -0.25) is 14.5 Å². The lowest BCUT2D eigenvalue weighted by Crippen LogP contribution is -2.52. The van der Waals surface area contributed by atoms with E-state index in [1.807, 2.05) is 36.4 Å². The first kappa shape index (κ1) is 26.4. The van der Waals surface area contributed by atoms with Crippen LogP contribution in [0.25, 0.3) is 10.8 Å². The highest BCUT2D eigenvalue weighted by molar-refractivity contribution is 6.25. The van der Waals surface area contributed by atoms with E-state index in [2.05, 4.69) is 49.0 Å². The Kier molecular flexibility index (Phi) is 7.89. The van der Waals surface area contributed by atoms with Gasteiger partial charge in [0.15, 0.2) is 0 Å². The molecule has 34 heavy (non-hydrogen) atoms. The van der Waals surface area contributed by atoms with Crippen molar-refractivity contribution in [3.05, 3.63) is 47.5 Å². The lowest BCUT2D eigenvalue weighted by atomic mass is 9.88. The molecule has 5 nitrogen and oxygen atoms in total. The van der Waals surface area contributed by atoms with Crippen molar-refractivity contribution in [2.45, 2.75) is 46.5 Å². The Morgan fingerprint density at radius 2 is 1.26 bits per heavy atom. The Hall–Kier alpha value is -2.24. The minimum Gasteiger partial charge on any atom is -0.329 e. The number of benzene rings is 2. The number of quaternary nitrogens is 2. The van der Waals surface area contributed by atoms with Crippen LogP contribution in [0, 0.1) is 5.41 Å². The molecular formula is C29H45N3O2+2. The molecule has 0 unspecified atom stereocenters. The van der Waals surface area contributed by atoms with Crippen molar-refractivity contribution in [1.82, 2.24) is 4.90 Å². The molecule has 1 heterocycles. The highest BCUT2D eigenvalue weighted by Crippen LogP contribution is 2.32. The summed E-state index contributed by atoms with van der Waals surface area (Å²) in [4.78, 5) is 28.1. The number of rotatable bonds is 12. The van der Waals surface area contributed by atoms with Crippen molar-refractivity contribution < 1.29 is 18.6 Å². The lowest BCUT2D eigenvalue weighted by molar-refractivity contribution is -0.896. The molecular weight excluding hydrogens is 422 g/mol. The van der Waals surface area contributed by atoms with E-state index in [0.29, 0.717) is 17.7 Å². The average Bonchev–Trinajstić information content (AvgIpc) is 2.76. The van der Waals surface area contributed by atoms with Crippen LogP contribution in [0.1, 0.15) is 67.2 Å². The number of hydrogen-bond donors (Lipinski definition) is 0. The molecule has 2 aromatic rings. The molecule has 0 aromatic heterocycles. The normalized spacial score (nSPS) is 14.9. The van der Waals surface area contributed by atoms with Gasteiger partial charge in [0.2, 0.25) is 0 Å². The van der Waals surface area contributed by atoms with Crippen molar-refractivity contribution in [3.63, 3.8) is 0 Å². The number of carbonyl (C=O) groups is 2. The van der Waals surface area contributed by atoms with Crippen LogP contribution in [0.2, 0.25) is 0 Å². The summed E-state index contributed by atoms with van der Waals surface area (Å²) < 4.78 is 1.99. The SMILES string of the molecule is CC[N+](C)(C)CCCCCC[N+](C)(C)CC(C)(C)CN1C(=O)c2cccc3cccc(c23)C1=O. The number of imide groups is 1. The smallest absolute Gasteiger partial charge is 0.261 e. The molecule has 1 aliphatic heterocycles. The van der Waals surface area contributed by atoms with Crippen LogP contribution in [0.3, 0.4) is 0 Å². The third-order valence-corrected chi connectivity index (χ3v) is 7.43. The maximum Gasteiger partial charge on any atom is 0.261 e. The molecule has 5 heteroatoms. The monoisotopic (exact) mass is 467 g/mol. The van der Waals surface area contributed by atoms with E-state index >= 15 is 0 Å². The van der Waals surface area contributed by atoms with Gasteiger partial charge in [0, 0.05) is 28.5 Å². The summed E-state index contributed by atoms with van der Waals surface area (Å²) in [6.45, 7) is 11.5. The summed E-state index contributed by atoms with van der Waals surface area (Å²) >= 11 is 0. The fourth-order valence-electron chi connectivity index (χ4n) is 5.53. The van der Waals surface area contributed by atoms with E-state index in [9.17, 15) is 9.59 Å². The maximum atomic E-state index is 13.3. The van der Waals surface area contributed by atoms with Gasteiger partial charge >= 0.3 is 0 Å². The second-order valence-electron chi connectivity index (χ2n) is 12.3. The van der Waals surface area contributed by atoms with Crippen molar-refractivity contribution >= 4 is 22.6 Å². The molecule has 0 fully saturated rings. The number of carbonyl (C=O) groups excluding carboxylic acids is 2. The fraction of sp³-hybridized carbons (Fsp3) is 0.586. The molecule has 186 valence electrons. The topological polar surface area (TPSA) is 37.4 Å². The zero-order valence-electron chi connectivity index (χ0n) is 22.5. The van der Waals surface area contributed by atoms with Gasteiger partial charge < -0.3 is 8.97 Å². The van der Waals surface area contributed by atoms with Crippen LogP contribution in [0.4, 0.5) is 0 Å². The fourth-order valence-corrected chi connectivity index (χ4v) is 5.53. The summed E-state index contributed by atoms with van der Waals surface area (Å²) in [5, 5.41) is 1.75. The summed E-state index contributed by atoms with van der Waals surface area (Å²) in [5.74, 6) is -0.331. The second kappa shape index (κ2) is 10.2. The molecule has 0 aliphatic carbocycles. The van der Waals surface area contributed by atoms with Crippen molar-refractivity contribution in [3.8, 4) is 0 Å². The Morgan fingerprint density at radius 3 is 1.76 bits per heavy atom. The average molecular weight is 468 g/mol. The van der Waals surface area contributed by atoms with E-state index in [0.717, 1.165) is 32.8 Å². The molecule has 0 spiro atoms. The minimum atomic E-state index is -0.183. The van der Waals surface area contributed by atoms with Crippen molar-refractivity contribution in [1.29, 1.82) is 0 Å². The zero-order valence-corrected chi connectivity index (χ0v) is 22.5. The van der Waals surface area contributed by atoms with Crippen molar-refractivity contribution in [2.75, 3.05) is 60.9 Å². The Balaban J connectivity index is 1.58. The number of nitrogens with zero attached hydrogens (tertiary/aromatic N) is 3. The first-order valence-corrected chi connectivity index (χ1v) is 12.9. The van der Waals surface area contributed by atoms with Crippen LogP contribution in [0.5, 0.6) is 0 Å². The molecule has 1 aliphatic rings. The third kappa shape index (κ3) is 6.25. The van der Waals surface area contributed by atoms with Gasteiger partial charge in [-0.1, -0.05) is 38.1 Å². The van der Waals surface area contributed by atoms with Crippen LogP contribution >= 0.6 is 0 Å². The Labute approximate surface area is 206 Å². The van der Waals surface area contributed by atoms with Crippen LogP contribution < -0.4 is 0 Å². The van der Waals surface area contributed by atoms with E-state index in [-0.39, 0.29) is 17.2 Å². The van der Waals surface area contributed by atoms with Crippen LogP contribution in [-0.4, -0.2) is 86.6 Å². The first-order valence-electron chi connectivity index (χ1n) is 12.9. The largest absolute Gasteiger partial charge is 0.329 e. The molecule has 3 rings (SSSR count). The van der Waals surface area contributed by atoms with Gasteiger partial charge in [0.25, 0.3) is 11.8 Å². The predicted octanol–water partition coefficient (Wildman–Crippen LogP) is 5.20. The standard InChI is InChI=1S/C29H45N3O2/c1-8-31(4,5)19-11-9-10-12-20-32(6,7)22-29(2,3)21-30-27(33)24-17-13-15-23-16-14-18-25(26(23)24)28(30)34/h13-18H,8-12,19-22H2,1-7H3/q+2.